The SMILES string of the molecule is CCOc1ccc(C=C(C#N)c2cc(OC)c(OC)cc2[N+](=O)[O-])cc1OC. The maximum absolute atomic E-state index is 11.5. The molecule has 2 aromatic carbocycles. The third-order valence-corrected chi connectivity index (χ3v) is 3.91. The highest BCUT2D eigenvalue weighted by Crippen LogP contribution is 2.38. The van der Waals surface area contributed by atoms with Gasteiger partial charge in [0.1, 0.15) is 6.07 Å². The van der Waals surface area contributed by atoms with E-state index in [9.17, 15) is 15.4 Å². The fourth-order valence-corrected chi connectivity index (χ4v) is 2.62. The molecule has 8 heteroatoms. The van der Waals surface area contributed by atoms with Crippen LogP contribution in [0.1, 0.15) is 18.1 Å². The van der Waals surface area contributed by atoms with E-state index in [4.69, 9.17) is 18.9 Å². The van der Waals surface area contributed by atoms with Gasteiger partial charge in [0, 0.05) is 0 Å². The third-order valence-electron chi connectivity index (χ3n) is 3.91. The summed E-state index contributed by atoms with van der Waals surface area (Å²) in [6.45, 7) is 2.34. The van der Waals surface area contributed by atoms with Crippen molar-refractivity contribution in [3.8, 4) is 29.1 Å². The first kappa shape index (κ1) is 20.6. The number of hydrogen-bond acceptors (Lipinski definition) is 7. The van der Waals surface area contributed by atoms with E-state index in [1.807, 2.05) is 13.0 Å². The van der Waals surface area contributed by atoms with Crippen molar-refractivity contribution in [1.29, 1.82) is 5.26 Å². The van der Waals surface area contributed by atoms with E-state index in [0.717, 1.165) is 0 Å². The lowest BCUT2D eigenvalue weighted by Gasteiger charge is -2.11. The topological polar surface area (TPSA) is 104 Å². The molecule has 0 heterocycles. The van der Waals surface area contributed by atoms with Gasteiger partial charge in [0.15, 0.2) is 23.0 Å². The van der Waals surface area contributed by atoms with Gasteiger partial charge >= 0.3 is 0 Å². The van der Waals surface area contributed by atoms with Crippen LogP contribution in [0.4, 0.5) is 5.69 Å². The Balaban J connectivity index is 2.62. The van der Waals surface area contributed by atoms with Crippen LogP contribution in [0.3, 0.4) is 0 Å². The zero-order chi connectivity index (χ0) is 20.7. The Hall–Kier alpha value is -3.73. The largest absolute Gasteiger partial charge is 0.493 e. The summed E-state index contributed by atoms with van der Waals surface area (Å²) in [7, 11) is 4.31. The molecule has 0 aromatic heterocycles. The number of ether oxygens (including phenoxy) is 4. The van der Waals surface area contributed by atoms with Gasteiger partial charge in [0.05, 0.1) is 50.1 Å². The number of allylic oxidation sites excluding steroid dienone is 1. The molecule has 0 amide bonds. The Labute approximate surface area is 162 Å². The van der Waals surface area contributed by atoms with Crippen molar-refractivity contribution in [3.05, 3.63) is 51.6 Å². The molecule has 2 rings (SSSR count). The number of nitrogens with zero attached hydrogens (tertiary/aromatic N) is 2. The number of rotatable bonds is 8. The van der Waals surface area contributed by atoms with Crippen molar-refractivity contribution in [1.82, 2.24) is 0 Å². The number of nitro groups is 1. The van der Waals surface area contributed by atoms with Gasteiger partial charge in [0.2, 0.25) is 0 Å². The molecule has 0 fully saturated rings. The Morgan fingerprint density at radius 1 is 1.07 bits per heavy atom. The second-order valence-corrected chi connectivity index (χ2v) is 5.49. The second kappa shape index (κ2) is 9.28. The molecule has 0 radical (unpaired) electrons. The van der Waals surface area contributed by atoms with E-state index in [2.05, 4.69) is 0 Å². The van der Waals surface area contributed by atoms with Crippen LogP contribution in [0, 0.1) is 21.4 Å². The first-order chi connectivity index (χ1) is 13.5. The van der Waals surface area contributed by atoms with E-state index in [1.54, 1.807) is 18.2 Å². The highest BCUT2D eigenvalue weighted by Gasteiger charge is 2.22. The Morgan fingerprint density at radius 3 is 2.21 bits per heavy atom. The standard InChI is InChI=1S/C20H20N2O6/c1-5-28-17-7-6-13(9-18(17)25-2)8-14(12-21)15-10-19(26-3)20(27-4)11-16(15)22(23)24/h6-11H,5H2,1-4H3. The summed E-state index contributed by atoms with van der Waals surface area (Å²) in [6, 6.07) is 9.80. The highest BCUT2D eigenvalue weighted by atomic mass is 16.6. The molecule has 0 atom stereocenters. The zero-order valence-corrected chi connectivity index (χ0v) is 16.0. The smallest absolute Gasteiger partial charge is 0.281 e. The van der Waals surface area contributed by atoms with Gasteiger partial charge in [-0.1, -0.05) is 6.07 Å². The summed E-state index contributed by atoms with van der Waals surface area (Å²) in [5.74, 6) is 1.55. The van der Waals surface area contributed by atoms with Crippen LogP contribution in [0.5, 0.6) is 23.0 Å². The van der Waals surface area contributed by atoms with Crippen LogP contribution in [-0.2, 0) is 0 Å². The van der Waals surface area contributed by atoms with E-state index in [0.29, 0.717) is 23.7 Å². The monoisotopic (exact) mass is 384 g/mol. The van der Waals surface area contributed by atoms with E-state index < -0.39 is 4.92 Å². The molecular weight excluding hydrogens is 364 g/mol. The molecule has 0 bridgehead atoms. The molecular formula is C20H20N2O6. The van der Waals surface area contributed by atoms with Crippen LogP contribution < -0.4 is 18.9 Å². The summed E-state index contributed by atoms with van der Waals surface area (Å²) < 4.78 is 21.1. The molecule has 0 aliphatic heterocycles. The molecule has 0 saturated carbocycles. The summed E-state index contributed by atoms with van der Waals surface area (Å²) >= 11 is 0. The quantitative estimate of drug-likeness (QED) is 0.292. The summed E-state index contributed by atoms with van der Waals surface area (Å²) in [4.78, 5) is 10.9. The van der Waals surface area contributed by atoms with Crippen LogP contribution in [0.15, 0.2) is 30.3 Å². The van der Waals surface area contributed by atoms with Gasteiger partial charge in [-0.05, 0) is 36.8 Å². The molecule has 8 nitrogen and oxygen atoms in total. The van der Waals surface area contributed by atoms with Crippen molar-refractivity contribution in [2.45, 2.75) is 6.92 Å². The number of nitro benzene ring substituents is 1. The van der Waals surface area contributed by atoms with Crippen molar-refractivity contribution in [2.24, 2.45) is 0 Å². The lowest BCUT2D eigenvalue weighted by Crippen LogP contribution is -1.99. The molecule has 2 aromatic rings. The van der Waals surface area contributed by atoms with Crippen molar-refractivity contribution < 1.29 is 23.9 Å². The van der Waals surface area contributed by atoms with Crippen molar-refractivity contribution in [2.75, 3.05) is 27.9 Å². The van der Waals surface area contributed by atoms with Crippen LogP contribution in [0.2, 0.25) is 0 Å². The second-order valence-electron chi connectivity index (χ2n) is 5.49. The van der Waals surface area contributed by atoms with Gasteiger partial charge in [0.25, 0.3) is 5.69 Å². The molecule has 0 aliphatic rings. The van der Waals surface area contributed by atoms with E-state index >= 15 is 0 Å². The lowest BCUT2D eigenvalue weighted by molar-refractivity contribution is -0.385. The van der Waals surface area contributed by atoms with Gasteiger partial charge in [-0.15, -0.1) is 0 Å². The molecule has 0 saturated heterocycles. The third kappa shape index (κ3) is 4.32. The number of benzene rings is 2. The van der Waals surface area contributed by atoms with Gasteiger partial charge in [-0.25, -0.2) is 0 Å². The molecule has 0 aliphatic carbocycles. The fourth-order valence-electron chi connectivity index (χ4n) is 2.62. The maximum atomic E-state index is 11.5. The number of nitriles is 1. The lowest BCUT2D eigenvalue weighted by atomic mass is 10.0. The summed E-state index contributed by atoms with van der Waals surface area (Å²) in [5.41, 5.74) is 0.584. The van der Waals surface area contributed by atoms with Crippen LogP contribution >= 0.6 is 0 Å². The summed E-state index contributed by atoms with van der Waals surface area (Å²) in [6.07, 6.45) is 1.53. The predicted octanol–water partition coefficient (Wildman–Crippen LogP) is 4.08. The number of hydrogen-bond donors (Lipinski definition) is 0. The first-order valence-corrected chi connectivity index (χ1v) is 8.32. The Kier molecular flexibility index (Phi) is 6.82. The minimum absolute atomic E-state index is 0.0962. The Morgan fingerprint density at radius 2 is 1.68 bits per heavy atom. The molecule has 28 heavy (non-hydrogen) atoms. The average molecular weight is 384 g/mol. The average Bonchev–Trinajstić information content (AvgIpc) is 2.71. The normalized spacial score (nSPS) is 10.8. The van der Waals surface area contributed by atoms with E-state index in [-0.39, 0.29) is 28.3 Å². The van der Waals surface area contributed by atoms with Crippen LogP contribution in [0.25, 0.3) is 11.6 Å². The zero-order valence-electron chi connectivity index (χ0n) is 16.0. The van der Waals surface area contributed by atoms with Crippen LogP contribution in [-0.4, -0.2) is 32.9 Å². The minimum atomic E-state index is -0.568. The molecule has 0 spiro atoms. The number of methoxy groups -OCH3 is 3. The Bertz CT molecular complexity index is 946. The fraction of sp³-hybridized carbons (Fsp3) is 0.250. The van der Waals surface area contributed by atoms with Crippen molar-refractivity contribution in [3.63, 3.8) is 0 Å². The summed E-state index contributed by atoms with van der Waals surface area (Å²) in [5, 5.41) is 21.1. The molecule has 0 N–H and O–H groups in total. The maximum Gasteiger partial charge on any atom is 0.281 e. The highest BCUT2D eigenvalue weighted by molar-refractivity contribution is 5.93. The predicted molar refractivity (Wildman–Crippen MR) is 104 cm³/mol. The van der Waals surface area contributed by atoms with Gasteiger partial charge in [-0.3, -0.25) is 10.1 Å². The minimum Gasteiger partial charge on any atom is -0.493 e. The first-order valence-electron chi connectivity index (χ1n) is 8.32. The molecule has 146 valence electrons. The van der Waals surface area contributed by atoms with Gasteiger partial charge < -0.3 is 18.9 Å². The van der Waals surface area contributed by atoms with Crippen molar-refractivity contribution >= 4 is 17.3 Å². The van der Waals surface area contributed by atoms with Gasteiger partial charge in [-0.2, -0.15) is 5.26 Å². The van der Waals surface area contributed by atoms with E-state index in [1.165, 1.54) is 39.5 Å². The molecule has 0 unspecified atom stereocenters.